The van der Waals surface area contributed by atoms with Crippen molar-refractivity contribution < 1.29 is 38.1 Å². The van der Waals surface area contributed by atoms with E-state index in [1.54, 1.807) is 50.2 Å². The van der Waals surface area contributed by atoms with Crippen LogP contribution < -0.4 is 9.47 Å². The highest BCUT2D eigenvalue weighted by molar-refractivity contribution is 6.07. The number of Topliss-reactive ketones (excluding diaryl/α,β-unsaturated/α-hetero) is 1. The van der Waals surface area contributed by atoms with Crippen molar-refractivity contribution in [1.29, 1.82) is 0 Å². The van der Waals surface area contributed by atoms with E-state index in [2.05, 4.69) is 5.10 Å². The highest BCUT2D eigenvalue weighted by Gasteiger charge is 2.75. The number of cyclic esters (lactones) is 2. The molecule has 10 heteroatoms. The first-order valence-electron chi connectivity index (χ1n) is 13.0. The van der Waals surface area contributed by atoms with E-state index in [9.17, 15) is 19.2 Å². The monoisotopic (exact) mass is 548 g/mol. The molecule has 3 aliphatic rings. The summed E-state index contributed by atoms with van der Waals surface area (Å²) < 4.78 is 22.3. The predicted octanol–water partition coefficient (Wildman–Crippen LogP) is 3.91. The van der Waals surface area contributed by atoms with E-state index < -0.39 is 52.5 Å². The zero-order valence-corrected chi connectivity index (χ0v) is 23.5. The Balaban J connectivity index is 1.83. The quantitative estimate of drug-likeness (QED) is 0.318. The molecule has 0 amide bonds. The molecule has 0 unspecified atom stereocenters. The Hall–Kier alpha value is -4.21. The Morgan fingerprint density at radius 2 is 1.65 bits per heavy atom. The number of hydrogen-bond acceptors (Lipinski definition) is 10. The van der Waals surface area contributed by atoms with Crippen molar-refractivity contribution in [3.63, 3.8) is 0 Å². The molecule has 0 aliphatic carbocycles. The fourth-order valence-electron chi connectivity index (χ4n) is 5.95. The molecule has 2 aromatic carbocycles. The average Bonchev–Trinajstić information content (AvgIpc) is 3.18. The van der Waals surface area contributed by atoms with Crippen LogP contribution in [0.1, 0.15) is 70.2 Å². The molecule has 3 atom stereocenters. The van der Waals surface area contributed by atoms with Crippen molar-refractivity contribution in [1.82, 2.24) is 5.01 Å². The standard InChI is InChI=1S/C30H32N2O8/c1-16(33)38-20-13-12-17(14-21(20)37-7)22-23(25(34)28(2,3)4)32-24(19-11-9-8-10-18(19)15-31-32)30(22)26(35)39-29(5,6)40-27(30)36/h8-15,22-24H,1-7H3/t22-,23+,24-/m1/s1. The lowest BCUT2D eigenvalue weighted by Crippen LogP contribution is -2.58. The summed E-state index contributed by atoms with van der Waals surface area (Å²) in [4.78, 5) is 54.4. The van der Waals surface area contributed by atoms with Crippen LogP contribution in [-0.2, 0) is 28.7 Å². The molecule has 10 nitrogen and oxygen atoms in total. The molecule has 3 heterocycles. The lowest BCUT2D eigenvalue weighted by Gasteiger charge is -2.44. The second kappa shape index (κ2) is 9.18. The smallest absolute Gasteiger partial charge is 0.330 e. The first kappa shape index (κ1) is 27.4. The van der Waals surface area contributed by atoms with Gasteiger partial charge < -0.3 is 18.9 Å². The summed E-state index contributed by atoms with van der Waals surface area (Å²) in [5.41, 5.74) is -1.09. The van der Waals surface area contributed by atoms with Gasteiger partial charge in [0.15, 0.2) is 17.3 Å². The summed E-state index contributed by atoms with van der Waals surface area (Å²) in [6.07, 6.45) is 1.62. The fraction of sp³-hybridized carbons (Fsp3) is 0.433. The fourth-order valence-corrected chi connectivity index (χ4v) is 5.95. The van der Waals surface area contributed by atoms with Gasteiger partial charge >= 0.3 is 17.9 Å². The summed E-state index contributed by atoms with van der Waals surface area (Å²) in [5.74, 6) is -4.66. The van der Waals surface area contributed by atoms with Gasteiger partial charge in [0, 0.05) is 32.1 Å². The molecule has 5 rings (SSSR count). The van der Waals surface area contributed by atoms with Gasteiger partial charge in [-0.15, -0.1) is 0 Å². The van der Waals surface area contributed by atoms with E-state index in [1.165, 1.54) is 33.9 Å². The molecule has 0 N–H and O–H groups in total. The number of carbonyl (C=O) groups is 4. The summed E-state index contributed by atoms with van der Waals surface area (Å²) in [5, 5.41) is 6.20. The van der Waals surface area contributed by atoms with Crippen molar-refractivity contribution in [3.8, 4) is 11.5 Å². The van der Waals surface area contributed by atoms with Crippen LogP contribution in [0.2, 0.25) is 0 Å². The number of benzene rings is 2. The van der Waals surface area contributed by atoms with Gasteiger partial charge in [-0.3, -0.25) is 24.2 Å². The summed E-state index contributed by atoms with van der Waals surface area (Å²) in [6, 6.07) is 9.93. The third-order valence-corrected chi connectivity index (χ3v) is 7.57. The number of esters is 3. The Kier molecular flexibility index (Phi) is 6.28. The summed E-state index contributed by atoms with van der Waals surface area (Å²) in [7, 11) is 1.41. The van der Waals surface area contributed by atoms with E-state index in [-0.39, 0.29) is 17.3 Å². The molecule has 210 valence electrons. The molecular formula is C30H32N2O8. The lowest BCUT2D eigenvalue weighted by atomic mass is 9.64. The second-order valence-corrected chi connectivity index (χ2v) is 11.7. The first-order valence-corrected chi connectivity index (χ1v) is 13.0. The molecule has 1 spiro atoms. The first-order chi connectivity index (χ1) is 18.7. The zero-order valence-electron chi connectivity index (χ0n) is 23.5. The number of hydrazone groups is 1. The lowest BCUT2D eigenvalue weighted by molar-refractivity contribution is -0.254. The third kappa shape index (κ3) is 4.04. The Morgan fingerprint density at radius 3 is 2.25 bits per heavy atom. The topological polar surface area (TPSA) is 121 Å². The molecule has 0 radical (unpaired) electrons. The van der Waals surface area contributed by atoms with Crippen LogP contribution in [0.4, 0.5) is 0 Å². The maximum absolute atomic E-state index is 14.3. The highest BCUT2D eigenvalue weighted by atomic mass is 16.7. The maximum atomic E-state index is 14.3. The van der Waals surface area contributed by atoms with Crippen molar-refractivity contribution in [2.24, 2.45) is 15.9 Å². The SMILES string of the molecule is COc1cc([C@@H]2[C@@H](C(=O)C(C)(C)C)N3N=Cc4ccccc4[C@@H]3C23C(=O)OC(C)(C)OC3=O)ccc1OC(C)=O. The van der Waals surface area contributed by atoms with Gasteiger partial charge in [0.05, 0.1) is 13.3 Å². The molecular weight excluding hydrogens is 516 g/mol. The zero-order chi connectivity index (χ0) is 29.2. The third-order valence-electron chi connectivity index (χ3n) is 7.57. The molecule has 3 aliphatic heterocycles. The Labute approximate surface area is 232 Å². The molecule has 0 bridgehead atoms. The van der Waals surface area contributed by atoms with Crippen LogP contribution in [0.5, 0.6) is 11.5 Å². The second-order valence-electron chi connectivity index (χ2n) is 11.7. The number of methoxy groups -OCH3 is 1. The van der Waals surface area contributed by atoms with Gasteiger partial charge in [0.1, 0.15) is 12.1 Å². The molecule has 0 aromatic heterocycles. The van der Waals surface area contributed by atoms with Crippen LogP contribution >= 0.6 is 0 Å². The normalized spacial score (nSPS) is 24.1. The molecule has 2 fully saturated rings. The molecule has 2 saturated heterocycles. The van der Waals surface area contributed by atoms with Gasteiger partial charge in [-0.1, -0.05) is 51.1 Å². The number of rotatable bonds is 4. The Morgan fingerprint density at radius 1 is 1.00 bits per heavy atom. The number of hydrogen-bond donors (Lipinski definition) is 0. The summed E-state index contributed by atoms with van der Waals surface area (Å²) in [6.45, 7) is 9.57. The van der Waals surface area contributed by atoms with Gasteiger partial charge in [-0.2, -0.15) is 5.10 Å². The van der Waals surface area contributed by atoms with E-state index in [4.69, 9.17) is 18.9 Å². The average molecular weight is 549 g/mol. The van der Waals surface area contributed by atoms with E-state index in [0.29, 0.717) is 16.7 Å². The van der Waals surface area contributed by atoms with Crippen molar-refractivity contribution >= 4 is 29.9 Å². The van der Waals surface area contributed by atoms with Crippen LogP contribution in [0.3, 0.4) is 0 Å². The minimum absolute atomic E-state index is 0.153. The van der Waals surface area contributed by atoms with Gasteiger partial charge in [-0.25, -0.2) is 0 Å². The van der Waals surface area contributed by atoms with Crippen molar-refractivity contribution in [3.05, 3.63) is 59.2 Å². The van der Waals surface area contributed by atoms with Crippen LogP contribution in [-0.4, -0.2) is 53.9 Å². The number of nitrogens with zero attached hydrogens (tertiary/aromatic N) is 2. The van der Waals surface area contributed by atoms with Gasteiger partial charge in [0.2, 0.25) is 5.41 Å². The maximum Gasteiger partial charge on any atom is 0.330 e. The van der Waals surface area contributed by atoms with Crippen molar-refractivity contribution in [2.45, 2.75) is 65.3 Å². The summed E-state index contributed by atoms with van der Waals surface area (Å²) >= 11 is 0. The minimum Gasteiger partial charge on any atom is -0.493 e. The van der Waals surface area contributed by atoms with E-state index in [0.717, 1.165) is 0 Å². The van der Waals surface area contributed by atoms with Gasteiger partial charge in [0.25, 0.3) is 5.79 Å². The number of carbonyl (C=O) groups excluding carboxylic acids is 4. The Bertz CT molecular complexity index is 1430. The minimum atomic E-state index is -2.00. The van der Waals surface area contributed by atoms with Gasteiger partial charge in [-0.05, 0) is 28.8 Å². The highest BCUT2D eigenvalue weighted by Crippen LogP contribution is 2.63. The van der Waals surface area contributed by atoms with Crippen molar-refractivity contribution in [2.75, 3.05) is 7.11 Å². The van der Waals surface area contributed by atoms with E-state index in [1.807, 2.05) is 18.2 Å². The number of ketones is 1. The molecule has 40 heavy (non-hydrogen) atoms. The van der Waals surface area contributed by atoms with Crippen LogP contribution in [0, 0.1) is 10.8 Å². The number of ether oxygens (including phenoxy) is 4. The van der Waals surface area contributed by atoms with Crippen LogP contribution in [0.15, 0.2) is 47.6 Å². The molecule has 2 aromatic rings. The predicted molar refractivity (Wildman–Crippen MR) is 143 cm³/mol. The van der Waals surface area contributed by atoms with Crippen LogP contribution in [0.25, 0.3) is 0 Å². The number of fused-ring (bicyclic) bond motifs is 4. The largest absolute Gasteiger partial charge is 0.493 e. The molecule has 0 saturated carbocycles. The van der Waals surface area contributed by atoms with E-state index >= 15 is 0 Å².